The highest BCUT2D eigenvalue weighted by Crippen LogP contribution is 2.12. The number of rotatable bonds is 5. The Morgan fingerprint density at radius 1 is 1.21 bits per heavy atom. The van der Waals surface area contributed by atoms with Crippen molar-refractivity contribution in [2.45, 2.75) is 6.54 Å². The number of aromatic nitrogens is 3. The third kappa shape index (κ3) is 3.36. The van der Waals surface area contributed by atoms with Gasteiger partial charge >= 0.3 is 0 Å². The van der Waals surface area contributed by atoms with Crippen molar-refractivity contribution in [3.63, 3.8) is 0 Å². The fourth-order valence-corrected chi connectivity index (χ4v) is 2.55. The standard InChI is InChI=1S/C17H16N4O2S/c1-23-14-9-7-12(8-10-14)16(22)18-11-15-19-20-17(24)21(15)13-5-3-2-4-6-13/h2-10H,11H2,1H3,(H,18,22)(H,20,24). The van der Waals surface area contributed by atoms with E-state index in [1.54, 1.807) is 35.9 Å². The van der Waals surface area contributed by atoms with E-state index in [2.05, 4.69) is 15.5 Å². The Labute approximate surface area is 144 Å². The van der Waals surface area contributed by atoms with E-state index in [0.717, 1.165) is 5.69 Å². The second-order valence-electron chi connectivity index (χ2n) is 5.03. The van der Waals surface area contributed by atoms with Crippen LogP contribution in [0.1, 0.15) is 16.2 Å². The summed E-state index contributed by atoms with van der Waals surface area (Å²) in [5, 5.41) is 9.81. The average Bonchev–Trinajstić information content (AvgIpc) is 3.01. The normalized spacial score (nSPS) is 10.4. The highest BCUT2D eigenvalue weighted by atomic mass is 32.1. The Bertz CT molecular complexity index is 885. The molecular weight excluding hydrogens is 324 g/mol. The Morgan fingerprint density at radius 2 is 1.92 bits per heavy atom. The zero-order valence-electron chi connectivity index (χ0n) is 13.0. The molecule has 2 N–H and O–H groups in total. The SMILES string of the molecule is COc1ccc(C(=O)NCc2n[nH]c(=S)n2-c2ccccc2)cc1. The smallest absolute Gasteiger partial charge is 0.251 e. The summed E-state index contributed by atoms with van der Waals surface area (Å²) in [7, 11) is 1.58. The molecule has 122 valence electrons. The van der Waals surface area contributed by atoms with E-state index in [9.17, 15) is 4.79 Å². The van der Waals surface area contributed by atoms with Crippen LogP contribution < -0.4 is 10.1 Å². The predicted molar refractivity (Wildman–Crippen MR) is 92.9 cm³/mol. The van der Waals surface area contributed by atoms with Gasteiger partial charge in [0.05, 0.1) is 13.7 Å². The van der Waals surface area contributed by atoms with Gasteiger partial charge in [-0.3, -0.25) is 14.5 Å². The maximum atomic E-state index is 12.2. The van der Waals surface area contributed by atoms with Crippen LogP contribution in [0.5, 0.6) is 5.75 Å². The summed E-state index contributed by atoms with van der Waals surface area (Å²) < 4.78 is 7.36. The quantitative estimate of drug-likeness (QED) is 0.701. The molecule has 0 spiro atoms. The lowest BCUT2D eigenvalue weighted by Gasteiger charge is -2.08. The van der Waals surface area contributed by atoms with Gasteiger partial charge in [-0.15, -0.1) is 0 Å². The maximum absolute atomic E-state index is 12.2. The van der Waals surface area contributed by atoms with Gasteiger partial charge in [-0.2, -0.15) is 5.10 Å². The summed E-state index contributed by atoms with van der Waals surface area (Å²) in [5.74, 6) is 1.15. The minimum atomic E-state index is -0.189. The number of amides is 1. The number of ether oxygens (including phenoxy) is 1. The first-order valence-electron chi connectivity index (χ1n) is 7.33. The van der Waals surface area contributed by atoms with E-state index in [1.165, 1.54) is 0 Å². The van der Waals surface area contributed by atoms with Crippen molar-refractivity contribution in [1.29, 1.82) is 0 Å². The van der Waals surface area contributed by atoms with Crippen molar-refractivity contribution in [1.82, 2.24) is 20.1 Å². The number of hydrogen-bond donors (Lipinski definition) is 2. The topological polar surface area (TPSA) is 71.9 Å². The zero-order chi connectivity index (χ0) is 16.9. The third-order valence-electron chi connectivity index (χ3n) is 3.52. The fourth-order valence-electron chi connectivity index (χ4n) is 2.30. The fraction of sp³-hybridized carbons (Fsp3) is 0.118. The summed E-state index contributed by atoms with van der Waals surface area (Å²) in [6.07, 6.45) is 0. The van der Waals surface area contributed by atoms with Gasteiger partial charge in [0.1, 0.15) is 5.75 Å². The molecule has 0 radical (unpaired) electrons. The number of nitrogens with one attached hydrogen (secondary N) is 2. The Balaban J connectivity index is 1.75. The number of hydrogen-bond acceptors (Lipinski definition) is 4. The van der Waals surface area contributed by atoms with Gasteiger partial charge in [0.25, 0.3) is 5.91 Å². The van der Waals surface area contributed by atoms with Gasteiger partial charge in [-0.05, 0) is 48.6 Å². The lowest BCUT2D eigenvalue weighted by Crippen LogP contribution is -2.24. The summed E-state index contributed by atoms with van der Waals surface area (Å²) in [6, 6.07) is 16.5. The molecule has 1 amide bonds. The molecule has 0 saturated heterocycles. The molecule has 0 aliphatic rings. The second-order valence-corrected chi connectivity index (χ2v) is 5.41. The number of para-hydroxylation sites is 1. The lowest BCUT2D eigenvalue weighted by molar-refractivity contribution is 0.0949. The molecule has 0 aliphatic heterocycles. The third-order valence-corrected chi connectivity index (χ3v) is 3.79. The molecule has 0 atom stereocenters. The maximum Gasteiger partial charge on any atom is 0.251 e. The van der Waals surface area contributed by atoms with Crippen LogP contribution in [0.25, 0.3) is 5.69 Å². The van der Waals surface area contributed by atoms with E-state index in [0.29, 0.717) is 21.9 Å². The minimum Gasteiger partial charge on any atom is -0.497 e. The Morgan fingerprint density at radius 3 is 2.58 bits per heavy atom. The van der Waals surface area contributed by atoms with Crippen molar-refractivity contribution in [3.05, 3.63) is 70.8 Å². The number of aromatic amines is 1. The van der Waals surface area contributed by atoms with Gasteiger partial charge in [0, 0.05) is 11.3 Å². The summed E-state index contributed by atoms with van der Waals surface area (Å²) in [5.41, 5.74) is 1.45. The largest absolute Gasteiger partial charge is 0.497 e. The average molecular weight is 340 g/mol. The van der Waals surface area contributed by atoms with Gasteiger partial charge < -0.3 is 10.1 Å². The first-order chi connectivity index (χ1) is 11.7. The van der Waals surface area contributed by atoms with E-state index in [-0.39, 0.29) is 12.5 Å². The van der Waals surface area contributed by atoms with Crippen LogP contribution in [0.3, 0.4) is 0 Å². The molecule has 2 aromatic carbocycles. The van der Waals surface area contributed by atoms with Gasteiger partial charge in [0.2, 0.25) is 0 Å². The van der Waals surface area contributed by atoms with E-state index >= 15 is 0 Å². The molecule has 0 saturated carbocycles. The van der Waals surface area contributed by atoms with Crippen molar-refractivity contribution in [2.24, 2.45) is 0 Å². The highest BCUT2D eigenvalue weighted by Gasteiger charge is 2.11. The summed E-state index contributed by atoms with van der Waals surface area (Å²) in [6.45, 7) is 0.257. The van der Waals surface area contributed by atoms with Crippen molar-refractivity contribution < 1.29 is 9.53 Å². The molecule has 3 aromatic rings. The number of carbonyl (C=O) groups is 1. The monoisotopic (exact) mass is 340 g/mol. The molecule has 24 heavy (non-hydrogen) atoms. The summed E-state index contributed by atoms with van der Waals surface area (Å²) in [4.78, 5) is 12.2. The minimum absolute atomic E-state index is 0.189. The highest BCUT2D eigenvalue weighted by molar-refractivity contribution is 7.71. The molecule has 6 nitrogen and oxygen atoms in total. The molecule has 7 heteroatoms. The Kier molecular flexibility index (Phi) is 4.72. The first kappa shape index (κ1) is 15.9. The van der Waals surface area contributed by atoms with Crippen LogP contribution in [0.4, 0.5) is 0 Å². The van der Waals surface area contributed by atoms with Crippen molar-refractivity contribution in [3.8, 4) is 11.4 Å². The van der Waals surface area contributed by atoms with Gasteiger partial charge in [-0.1, -0.05) is 18.2 Å². The molecule has 0 bridgehead atoms. The van der Waals surface area contributed by atoms with Gasteiger partial charge in [0.15, 0.2) is 10.6 Å². The predicted octanol–water partition coefficient (Wildman–Crippen LogP) is 2.87. The van der Waals surface area contributed by atoms with Gasteiger partial charge in [-0.25, -0.2) is 0 Å². The second kappa shape index (κ2) is 7.10. The molecule has 1 heterocycles. The number of benzene rings is 2. The number of methoxy groups -OCH3 is 1. The molecule has 1 aromatic heterocycles. The molecule has 0 fully saturated rings. The van der Waals surface area contributed by atoms with E-state index < -0.39 is 0 Å². The molecular formula is C17H16N4O2S. The number of carbonyl (C=O) groups excluding carboxylic acids is 1. The van der Waals surface area contributed by atoms with E-state index in [1.807, 2.05) is 30.3 Å². The molecule has 0 unspecified atom stereocenters. The zero-order valence-corrected chi connectivity index (χ0v) is 13.8. The van der Waals surface area contributed by atoms with Crippen LogP contribution in [0.15, 0.2) is 54.6 Å². The first-order valence-corrected chi connectivity index (χ1v) is 7.74. The van der Waals surface area contributed by atoms with Crippen LogP contribution in [0.2, 0.25) is 0 Å². The summed E-state index contributed by atoms with van der Waals surface area (Å²) >= 11 is 5.27. The van der Waals surface area contributed by atoms with Crippen molar-refractivity contribution >= 4 is 18.1 Å². The van der Waals surface area contributed by atoms with Crippen LogP contribution in [-0.2, 0) is 6.54 Å². The number of nitrogens with zero attached hydrogens (tertiary/aromatic N) is 2. The number of H-pyrrole nitrogens is 1. The lowest BCUT2D eigenvalue weighted by atomic mass is 10.2. The van der Waals surface area contributed by atoms with Crippen molar-refractivity contribution in [2.75, 3.05) is 7.11 Å². The molecule has 3 rings (SSSR count). The van der Waals surface area contributed by atoms with Crippen LogP contribution in [-0.4, -0.2) is 27.8 Å². The van der Waals surface area contributed by atoms with E-state index in [4.69, 9.17) is 17.0 Å². The molecule has 0 aliphatic carbocycles. The van der Waals surface area contributed by atoms with Crippen LogP contribution >= 0.6 is 12.2 Å². The van der Waals surface area contributed by atoms with Crippen LogP contribution in [0, 0.1) is 4.77 Å². The Hall–Kier alpha value is -2.93.